The summed E-state index contributed by atoms with van der Waals surface area (Å²) in [6.07, 6.45) is 1.81. The van der Waals surface area contributed by atoms with E-state index in [1.165, 1.54) is 0 Å². The largest absolute Gasteiger partial charge is 0.305 e. The Morgan fingerprint density at radius 3 is 2.74 bits per heavy atom. The molecule has 1 unspecified atom stereocenters. The van der Waals surface area contributed by atoms with Gasteiger partial charge in [-0.3, -0.25) is 4.68 Å². The van der Waals surface area contributed by atoms with E-state index in [4.69, 9.17) is 23.2 Å². The number of rotatable bonds is 5. The Bertz CT molecular complexity index is 551. The second-order valence-electron chi connectivity index (χ2n) is 4.21. The lowest BCUT2D eigenvalue weighted by Gasteiger charge is -2.21. The summed E-state index contributed by atoms with van der Waals surface area (Å²) in [5.74, 6) is 0. The van der Waals surface area contributed by atoms with Gasteiger partial charge >= 0.3 is 0 Å². The number of nitrogens with one attached hydrogen (secondary N) is 1. The SMILES string of the molecule is CCNC(c1cccc(Cl)c1Cl)c1ccnn1CC. The fourth-order valence-electron chi connectivity index (χ4n) is 2.17. The van der Waals surface area contributed by atoms with Crippen molar-refractivity contribution in [1.29, 1.82) is 0 Å². The molecule has 0 saturated carbocycles. The van der Waals surface area contributed by atoms with E-state index in [0.717, 1.165) is 24.3 Å². The van der Waals surface area contributed by atoms with Crippen LogP contribution in [0, 0.1) is 0 Å². The number of nitrogens with zero attached hydrogens (tertiary/aromatic N) is 2. The molecular weight excluding hydrogens is 281 g/mol. The van der Waals surface area contributed by atoms with Crippen LogP contribution in [0.2, 0.25) is 10.0 Å². The number of aryl methyl sites for hydroxylation is 1. The van der Waals surface area contributed by atoms with Gasteiger partial charge in [0.25, 0.3) is 0 Å². The van der Waals surface area contributed by atoms with Crippen LogP contribution in [-0.2, 0) is 6.54 Å². The van der Waals surface area contributed by atoms with E-state index in [0.29, 0.717) is 10.0 Å². The molecule has 0 saturated heterocycles. The van der Waals surface area contributed by atoms with Gasteiger partial charge in [0.1, 0.15) is 0 Å². The summed E-state index contributed by atoms with van der Waals surface area (Å²) in [5, 5.41) is 8.93. The van der Waals surface area contributed by atoms with Crippen LogP contribution in [0.3, 0.4) is 0 Å². The summed E-state index contributed by atoms with van der Waals surface area (Å²) in [4.78, 5) is 0. The van der Waals surface area contributed by atoms with E-state index in [-0.39, 0.29) is 6.04 Å². The van der Waals surface area contributed by atoms with Gasteiger partial charge in [0, 0.05) is 12.7 Å². The monoisotopic (exact) mass is 297 g/mol. The van der Waals surface area contributed by atoms with Crippen molar-refractivity contribution in [3.8, 4) is 0 Å². The molecule has 102 valence electrons. The number of hydrogen-bond donors (Lipinski definition) is 1. The Morgan fingerprint density at radius 1 is 1.26 bits per heavy atom. The molecule has 1 aromatic heterocycles. The quantitative estimate of drug-likeness (QED) is 0.907. The Morgan fingerprint density at radius 2 is 2.05 bits per heavy atom. The average molecular weight is 298 g/mol. The Labute approximate surface area is 123 Å². The van der Waals surface area contributed by atoms with Crippen molar-refractivity contribution >= 4 is 23.2 Å². The molecule has 0 amide bonds. The summed E-state index contributed by atoms with van der Waals surface area (Å²) >= 11 is 12.4. The molecule has 1 atom stereocenters. The van der Waals surface area contributed by atoms with Crippen LogP contribution >= 0.6 is 23.2 Å². The third kappa shape index (κ3) is 2.94. The molecule has 3 nitrogen and oxygen atoms in total. The number of halogens is 2. The minimum atomic E-state index is -0.00125. The lowest BCUT2D eigenvalue weighted by molar-refractivity contribution is 0.542. The highest BCUT2D eigenvalue weighted by atomic mass is 35.5. The molecule has 0 aliphatic heterocycles. The molecular formula is C14H17Cl2N3. The van der Waals surface area contributed by atoms with Crippen molar-refractivity contribution in [2.45, 2.75) is 26.4 Å². The average Bonchev–Trinajstić information content (AvgIpc) is 2.88. The first kappa shape index (κ1) is 14.4. The molecule has 1 heterocycles. The first-order valence-corrected chi connectivity index (χ1v) is 7.13. The van der Waals surface area contributed by atoms with E-state index in [9.17, 15) is 0 Å². The van der Waals surface area contributed by atoms with Crippen molar-refractivity contribution in [3.63, 3.8) is 0 Å². The van der Waals surface area contributed by atoms with Crippen LogP contribution in [0.1, 0.15) is 31.1 Å². The predicted molar refractivity (Wildman–Crippen MR) is 79.9 cm³/mol. The van der Waals surface area contributed by atoms with E-state index in [1.54, 1.807) is 6.07 Å². The molecule has 0 spiro atoms. The fraction of sp³-hybridized carbons (Fsp3) is 0.357. The van der Waals surface area contributed by atoms with Gasteiger partial charge in [-0.15, -0.1) is 0 Å². The maximum Gasteiger partial charge on any atom is 0.0763 e. The number of hydrogen-bond acceptors (Lipinski definition) is 2. The minimum absolute atomic E-state index is 0.00125. The highest BCUT2D eigenvalue weighted by Gasteiger charge is 2.20. The minimum Gasteiger partial charge on any atom is -0.305 e. The molecule has 5 heteroatoms. The molecule has 0 radical (unpaired) electrons. The molecule has 2 rings (SSSR count). The molecule has 1 aromatic carbocycles. The maximum atomic E-state index is 6.33. The molecule has 2 aromatic rings. The lowest BCUT2D eigenvalue weighted by Crippen LogP contribution is -2.25. The van der Waals surface area contributed by atoms with Crippen molar-refractivity contribution in [3.05, 3.63) is 51.8 Å². The first-order chi connectivity index (χ1) is 9.19. The van der Waals surface area contributed by atoms with Crippen LogP contribution in [0.5, 0.6) is 0 Å². The van der Waals surface area contributed by atoms with Gasteiger partial charge in [-0.1, -0.05) is 42.3 Å². The molecule has 1 N–H and O–H groups in total. The van der Waals surface area contributed by atoms with E-state index < -0.39 is 0 Å². The van der Waals surface area contributed by atoms with Crippen LogP contribution in [0.4, 0.5) is 0 Å². The van der Waals surface area contributed by atoms with Gasteiger partial charge in [0.2, 0.25) is 0 Å². The second-order valence-corrected chi connectivity index (χ2v) is 4.99. The van der Waals surface area contributed by atoms with Gasteiger partial charge in [-0.25, -0.2) is 0 Å². The fourth-order valence-corrected chi connectivity index (χ4v) is 2.59. The highest BCUT2D eigenvalue weighted by molar-refractivity contribution is 6.42. The Hall–Kier alpha value is -1.03. The van der Waals surface area contributed by atoms with Gasteiger partial charge < -0.3 is 5.32 Å². The maximum absolute atomic E-state index is 6.33. The smallest absolute Gasteiger partial charge is 0.0763 e. The second kappa shape index (κ2) is 6.42. The van der Waals surface area contributed by atoms with Crippen LogP contribution in [0.25, 0.3) is 0 Å². The topological polar surface area (TPSA) is 29.9 Å². The van der Waals surface area contributed by atoms with Crippen molar-refractivity contribution in [2.24, 2.45) is 0 Å². The zero-order valence-electron chi connectivity index (χ0n) is 11.0. The third-order valence-electron chi connectivity index (χ3n) is 3.05. The molecule has 0 fully saturated rings. The molecule has 0 bridgehead atoms. The standard InChI is InChI=1S/C14H17Cl2N3/c1-3-17-14(12-8-9-18-19(12)4-2)10-6-5-7-11(15)13(10)16/h5-9,14,17H,3-4H2,1-2H3. The van der Waals surface area contributed by atoms with Crippen LogP contribution < -0.4 is 5.32 Å². The first-order valence-electron chi connectivity index (χ1n) is 6.38. The molecule has 0 aliphatic rings. The van der Waals surface area contributed by atoms with Crippen LogP contribution in [0.15, 0.2) is 30.5 Å². The summed E-state index contributed by atoms with van der Waals surface area (Å²) < 4.78 is 1.96. The number of benzene rings is 1. The van der Waals surface area contributed by atoms with Crippen molar-refractivity contribution in [1.82, 2.24) is 15.1 Å². The summed E-state index contributed by atoms with van der Waals surface area (Å²) in [6.45, 7) is 5.79. The molecule has 19 heavy (non-hydrogen) atoms. The van der Waals surface area contributed by atoms with E-state index >= 15 is 0 Å². The van der Waals surface area contributed by atoms with Gasteiger partial charge in [-0.05, 0) is 31.2 Å². The van der Waals surface area contributed by atoms with Gasteiger partial charge in [-0.2, -0.15) is 5.10 Å². The van der Waals surface area contributed by atoms with Gasteiger partial charge in [0.15, 0.2) is 0 Å². The lowest BCUT2D eigenvalue weighted by atomic mass is 10.0. The zero-order valence-corrected chi connectivity index (χ0v) is 12.5. The third-order valence-corrected chi connectivity index (χ3v) is 3.88. The zero-order chi connectivity index (χ0) is 13.8. The predicted octanol–water partition coefficient (Wildman–Crippen LogP) is 3.91. The Balaban J connectivity index is 2.48. The van der Waals surface area contributed by atoms with E-state index in [1.807, 2.05) is 29.1 Å². The summed E-state index contributed by atoms with van der Waals surface area (Å²) in [6, 6.07) is 7.72. The van der Waals surface area contributed by atoms with Crippen LogP contribution in [-0.4, -0.2) is 16.3 Å². The van der Waals surface area contributed by atoms with Gasteiger partial charge in [0.05, 0.1) is 21.8 Å². The normalized spacial score (nSPS) is 12.6. The van der Waals surface area contributed by atoms with Crippen molar-refractivity contribution in [2.75, 3.05) is 6.54 Å². The highest BCUT2D eigenvalue weighted by Crippen LogP contribution is 2.33. The van der Waals surface area contributed by atoms with E-state index in [2.05, 4.69) is 24.3 Å². The Kier molecular flexibility index (Phi) is 4.86. The summed E-state index contributed by atoms with van der Waals surface area (Å²) in [5.41, 5.74) is 2.07. The number of aromatic nitrogens is 2. The summed E-state index contributed by atoms with van der Waals surface area (Å²) in [7, 11) is 0. The van der Waals surface area contributed by atoms with Crippen molar-refractivity contribution < 1.29 is 0 Å². The molecule has 0 aliphatic carbocycles.